The molecule has 0 aliphatic heterocycles. The van der Waals surface area contributed by atoms with Crippen molar-refractivity contribution in [2.24, 2.45) is 0 Å². The van der Waals surface area contributed by atoms with Gasteiger partial charge in [0.25, 0.3) is 0 Å². The fraction of sp³-hybridized carbons (Fsp3) is 0.250. The number of hydrogen-bond donors (Lipinski definition) is 0. The Morgan fingerprint density at radius 3 is 2.00 bits per heavy atom. The zero-order valence-electron chi connectivity index (χ0n) is 17.8. The van der Waals surface area contributed by atoms with E-state index in [9.17, 15) is 23.3 Å². The van der Waals surface area contributed by atoms with Crippen LogP contribution in [0.25, 0.3) is 11.1 Å². The van der Waals surface area contributed by atoms with Crippen LogP contribution in [0.3, 0.4) is 0 Å². The Morgan fingerprint density at radius 1 is 0.875 bits per heavy atom. The summed E-state index contributed by atoms with van der Waals surface area (Å²) in [5, 5.41) is 11.6. The lowest BCUT2D eigenvalue weighted by Gasteiger charge is -2.19. The summed E-state index contributed by atoms with van der Waals surface area (Å²) in [5.41, 5.74) is 2.80. The van der Waals surface area contributed by atoms with Crippen LogP contribution in [0.1, 0.15) is 31.9 Å². The molecule has 0 unspecified atom stereocenters. The highest BCUT2D eigenvalue weighted by Crippen LogP contribution is 2.34. The maximum Gasteiger partial charge on any atom is 0.573 e. The normalized spacial score (nSPS) is 11.8. The second-order valence-electron chi connectivity index (χ2n) is 8.25. The Bertz CT molecular complexity index is 1090. The molecular weight excluding hydrogens is 423 g/mol. The van der Waals surface area contributed by atoms with E-state index in [-0.39, 0.29) is 29.2 Å². The van der Waals surface area contributed by atoms with Crippen molar-refractivity contribution in [1.29, 1.82) is 0 Å². The SMILES string of the molecule is CC(C)(C)c1ccc(COc2ccc(-c3ccc(OC(F)(F)F)cc3)cc2[N+](=O)[O-])cc1. The number of ether oxygens (including phenoxy) is 2. The van der Waals surface area contributed by atoms with Crippen molar-refractivity contribution < 1.29 is 27.6 Å². The summed E-state index contributed by atoms with van der Waals surface area (Å²) < 4.78 is 46.5. The minimum absolute atomic E-state index is 0.0189. The minimum Gasteiger partial charge on any atom is -0.482 e. The van der Waals surface area contributed by atoms with Gasteiger partial charge >= 0.3 is 12.0 Å². The molecule has 3 aromatic rings. The number of benzene rings is 3. The maximum atomic E-state index is 12.3. The van der Waals surface area contributed by atoms with Crippen molar-refractivity contribution in [2.75, 3.05) is 0 Å². The molecule has 3 aromatic carbocycles. The molecular formula is C24H22F3NO4. The van der Waals surface area contributed by atoms with Crippen molar-refractivity contribution in [3.8, 4) is 22.6 Å². The summed E-state index contributed by atoms with van der Waals surface area (Å²) in [7, 11) is 0. The number of rotatable bonds is 6. The molecule has 168 valence electrons. The number of nitro benzene ring substituents is 1. The van der Waals surface area contributed by atoms with Gasteiger partial charge in [-0.2, -0.15) is 0 Å². The van der Waals surface area contributed by atoms with Crippen molar-refractivity contribution in [3.05, 3.63) is 88.0 Å². The first kappa shape index (κ1) is 23.1. The van der Waals surface area contributed by atoms with Gasteiger partial charge in [-0.3, -0.25) is 10.1 Å². The average molecular weight is 445 g/mol. The zero-order chi connectivity index (χ0) is 23.5. The number of nitrogens with zero attached hydrogens (tertiary/aromatic N) is 1. The van der Waals surface area contributed by atoms with Crippen molar-refractivity contribution in [2.45, 2.75) is 39.2 Å². The zero-order valence-corrected chi connectivity index (χ0v) is 17.8. The van der Waals surface area contributed by atoms with Crippen LogP contribution >= 0.6 is 0 Å². The molecule has 32 heavy (non-hydrogen) atoms. The number of hydrogen-bond acceptors (Lipinski definition) is 4. The van der Waals surface area contributed by atoms with Gasteiger partial charge < -0.3 is 9.47 Å². The summed E-state index contributed by atoms with van der Waals surface area (Å²) in [4.78, 5) is 11.0. The molecule has 0 N–H and O–H groups in total. The topological polar surface area (TPSA) is 61.6 Å². The summed E-state index contributed by atoms with van der Waals surface area (Å²) >= 11 is 0. The van der Waals surface area contributed by atoms with Crippen LogP contribution in [0, 0.1) is 10.1 Å². The van der Waals surface area contributed by atoms with Gasteiger partial charge in [-0.25, -0.2) is 0 Å². The fourth-order valence-electron chi connectivity index (χ4n) is 3.07. The molecule has 0 aliphatic carbocycles. The Labute approximate surface area is 183 Å². The van der Waals surface area contributed by atoms with E-state index in [1.807, 2.05) is 24.3 Å². The minimum atomic E-state index is -4.79. The number of nitro groups is 1. The molecule has 8 heteroatoms. The Balaban J connectivity index is 1.77. The predicted molar refractivity (Wildman–Crippen MR) is 115 cm³/mol. The highest BCUT2D eigenvalue weighted by atomic mass is 19.4. The molecule has 0 fully saturated rings. The Hall–Kier alpha value is -3.55. The molecule has 0 saturated carbocycles. The third-order valence-electron chi connectivity index (χ3n) is 4.79. The molecule has 0 aliphatic rings. The van der Waals surface area contributed by atoms with Crippen LogP contribution < -0.4 is 9.47 Å². The molecule has 3 rings (SSSR count). The van der Waals surface area contributed by atoms with E-state index in [0.29, 0.717) is 11.1 Å². The summed E-state index contributed by atoms with van der Waals surface area (Å²) in [6, 6.07) is 17.4. The molecule has 0 aromatic heterocycles. The lowest BCUT2D eigenvalue weighted by molar-refractivity contribution is -0.385. The summed E-state index contributed by atoms with van der Waals surface area (Å²) in [5.74, 6) is -0.260. The monoisotopic (exact) mass is 445 g/mol. The Kier molecular flexibility index (Phi) is 6.43. The first-order valence-corrected chi connectivity index (χ1v) is 9.79. The van der Waals surface area contributed by atoms with Gasteiger partial charge in [-0.05, 0) is 45.9 Å². The van der Waals surface area contributed by atoms with Gasteiger partial charge in [0.1, 0.15) is 12.4 Å². The van der Waals surface area contributed by atoms with Crippen LogP contribution in [0.5, 0.6) is 11.5 Å². The summed E-state index contributed by atoms with van der Waals surface area (Å²) in [6.45, 7) is 6.50. The first-order chi connectivity index (χ1) is 14.9. The predicted octanol–water partition coefficient (Wildman–Crippen LogP) is 7.04. The van der Waals surface area contributed by atoms with E-state index < -0.39 is 11.3 Å². The van der Waals surface area contributed by atoms with Gasteiger partial charge in [0, 0.05) is 6.07 Å². The third kappa shape index (κ3) is 6.00. The second-order valence-corrected chi connectivity index (χ2v) is 8.25. The van der Waals surface area contributed by atoms with E-state index in [0.717, 1.165) is 17.7 Å². The van der Waals surface area contributed by atoms with E-state index in [1.54, 1.807) is 6.07 Å². The van der Waals surface area contributed by atoms with Crippen LogP contribution in [0.4, 0.5) is 18.9 Å². The number of halogens is 3. The van der Waals surface area contributed by atoms with Crippen molar-refractivity contribution >= 4 is 5.69 Å². The van der Waals surface area contributed by atoms with Crippen LogP contribution in [-0.2, 0) is 12.0 Å². The fourth-order valence-corrected chi connectivity index (χ4v) is 3.07. The van der Waals surface area contributed by atoms with Gasteiger partial charge in [-0.1, -0.05) is 63.2 Å². The quantitative estimate of drug-likeness (QED) is 0.302. The molecule has 0 bridgehead atoms. The maximum absolute atomic E-state index is 12.3. The van der Waals surface area contributed by atoms with Crippen LogP contribution in [0.15, 0.2) is 66.7 Å². The van der Waals surface area contributed by atoms with Gasteiger partial charge in [-0.15, -0.1) is 13.2 Å². The standard InChI is InChI=1S/C24H22F3NO4/c1-23(2,3)19-9-4-16(5-10-19)15-31-22-13-8-18(14-21(22)28(29)30)17-6-11-20(12-7-17)32-24(25,26)27/h4-14H,15H2,1-3H3. The highest BCUT2D eigenvalue weighted by molar-refractivity contribution is 5.69. The molecule has 0 saturated heterocycles. The van der Waals surface area contributed by atoms with Crippen molar-refractivity contribution in [1.82, 2.24) is 0 Å². The molecule has 0 heterocycles. The van der Waals surface area contributed by atoms with Gasteiger partial charge in [0.2, 0.25) is 0 Å². The Morgan fingerprint density at radius 2 is 1.47 bits per heavy atom. The largest absolute Gasteiger partial charge is 0.573 e. The van der Waals surface area contributed by atoms with Gasteiger partial charge in [0.05, 0.1) is 4.92 Å². The molecule has 0 spiro atoms. The highest BCUT2D eigenvalue weighted by Gasteiger charge is 2.31. The van der Waals surface area contributed by atoms with E-state index >= 15 is 0 Å². The van der Waals surface area contributed by atoms with Crippen molar-refractivity contribution in [3.63, 3.8) is 0 Å². The molecule has 0 atom stereocenters. The third-order valence-corrected chi connectivity index (χ3v) is 4.79. The lowest BCUT2D eigenvalue weighted by Crippen LogP contribution is -2.16. The van der Waals surface area contributed by atoms with Gasteiger partial charge in [0.15, 0.2) is 5.75 Å². The van der Waals surface area contributed by atoms with Crippen LogP contribution in [0.2, 0.25) is 0 Å². The first-order valence-electron chi connectivity index (χ1n) is 9.79. The summed E-state index contributed by atoms with van der Waals surface area (Å²) in [6.07, 6.45) is -4.79. The van der Waals surface area contributed by atoms with E-state index in [2.05, 4.69) is 25.5 Å². The lowest BCUT2D eigenvalue weighted by atomic mass is 9.87. The van der Waals surface area contributed by atoms with Crippen LogP contribution in [-0.4, -0.2) is 11.3 Å². The second kappa shape index (κ2) is 8.90. The smallest absolute Gasteiger partial charge is 0.482 e. The van der Waals surface area contributed by atoms with E-state index in [1.165, 1.54) is 29.8 Å². The molecule has 0 radical (unpaired) electrons. The number of alkyl halides is 3. The van der Waals surface area contributed by atoms with E-state index in [4.69, 9.17) is 4.74 Å². The average Bonchev–Trinajstić information content (AvgIpc) is 2.71. The molecule has 0 amide bonds. The molecule has 5 nitrogen and oxygen atoms in total.